The number of aliphatic hydroxyl groups is 2. The number of hydrogen-bond donors (Lipinski definition) is 3. The third-order valence-electron chi connectivity index (χ3n) is 13.7. The molecule has 418 valence electrons. The lowest BCUT2D eigenvalue weighted by Gasteiger charge is -2.19. The highest BCUT2D eigenvalue weighted by atomic mass is 16.3. The number of allylic oxidation sites excluding steroid dienone is 19. The summed E-state index contributed by atoms with van der Waals surface area (Å²) in [4.78, 5) is 12.5. The molecule has 0 saturated heterocycles. The lowest BCUT2D eigenvalue weighted by molar-refractivity contribution is -0.123. The Morgan fingerprint density at radius 2 is 0.616 bits per heavy atom. The van der Waals surface area contributed by atoms with E-state index in [1.807, 2.05) is 6.08 Å². The Morgan fingerprint density at radius 3 is 0.959 bits per heavy atom. The molecule has 0 saturated carbocycles. The highest BCUT2D eigenvalue weighted by Gasteiger charge is 2.18. The molecule has 0 heterocycles. The zero-order valence-electron chi connectivity index (χ0n) is 48.1. The summed E-state index contributed by atoms with van der Waals surface area (Å²) in [7, 11) is 0. The Labute approximate surface area is 454 Å². The van der Waals surface area contributed by atoms with Gasteiger partial charge in [0.05, 0.1) is 18.8 Å². The largest absolute Gasteiger partial charge is 0.394 e. The van der Waals surface area contributed by atoms with Crippen LogP contribution in [0.5, 0.6) is 0 Å². The topological polar surface area (TPSA) is 69.6 Å². The summed E-state index contributed by atoms with van der Waals surface area (Å²) in [6, 6.07) is -0.658. The SMILES string of the molecule is CC/C=C\C/C=C\C/C=C\C/C=C\C/C=C\C/C=C\C/C=C\C/C=C\CCCCCCCCC(=O)NC(CO)C(O)/C=C/CC/C=C/CCCCCCCCCCCCCCCCCCCCCCCCCC. The first-order valence-electron chi connectivity index (χ1n) is 31.2. The van der Waals surface area contributed by atoms with Crippen molar-refractivity contribution in [1.29, 1.82) is 0 Å². The molecule has 4 heteroatoms. The first-order chi connectivity index (χ1) is 36.2. The first-order valence-corrected chi connectivity index (χ1v) is 31.2. The first kappa shape index (κ1) is 69.8. The number of rotatable bonds is 56. The Hall–Kier alpha value is -3.21. The van der Waals surface area contributed by atoms with Crippen LogP contribution in [0.1, 0.15) is 290 Å². The number of carbonyl (C=O) groups excluding carboxylic acids is 1. The second-order valence-electron chi connectivity index (χ2n) is 20.7. The molecular formula is C69H119NO3. The lowest BCUT2D eigenvalue weighted by Crippen LogP contribution is -2.45. The van der Waals surface area contributed by atoms with Gasteiger partial charge in [-0.3, -0.25) is 4.79 Å². The molecule has 0 aliphatic rings. The molecular weight excluding hydrogens is 891 g/mol. The van der Waals surface area contributed by atoms with Crippen LogP contribution < -0.4 is 5.32 Å². The smallest absolute Gasteiger partial charge is 0.220 e. The van der Waals surface area contributed by atoms with Gasteiger partial charge in [-0.1, -0.05) is 309 Å². The minimum Gasteiger partial charge on any atom is -0.394 e. The number of unbranched alkanes of at least 4 members (excludes halogenated alkanes) is 31. The third kappa shape index (κ3) is 59.5. The Bertz CT molecular complexity index is 1420. The highest BCUT2D eigenvalue weighted by molar-refractivity contribution is 5.76. The molecule has 0 aromatic rings. The molecule has 0 radical (unpaired) electrons. The molecule has 0 aromatic heterocycles. The summed E-state index contributed by atoms with van der Waals surface area (Å²) in [5, 5.41) is 23.2. The molecule has 73 heavy (non-hydrogen) atoms. The Kier molecular flexibility index (Phi) is 60.3. The highest BCUT2D eigenvalue weighted by Crippen LogP contribution is 2.17. The van der Waals surface area contributed by atoms with E-state index in [0.717, 1.165) is 96.3 Å². The van der Waals surface area contributed by atoms with Crippen LogP contribution in [-0.2, 0) is 4.79 Å². The van der Waals surface area contributed by atoms with Crippen molar-refractivity contribution in [3.8, 4) is 0 Å². The zero-order chi connectivity index (χ0) is 52.7. The molecule has 0 fully saturated rings. The summed E-state index contributed by atoms with van der Waals surface area (Å²) in [6.45, 7) is 4.19. The minimum atomic E-state index is -0.880. The molecule has 0 bridgehead atoms. The van der Waals surface area contributed by atoms with E-state index in [1.165, 1.54) is 173 Å². The fourth-order valence-electron chi connectivity index (χ4n) is 8.98. The van der Waals surface area contributed by atoms with Gasteiger partial charge in [0, 0.05) is 6.42 Å². The van der Waals surface area contributed by atoms with E-state index in [0.29, 0.717) is 6.42 Å². The molecule has 0 spiro atoms. The molecule has 0 aliphatic carbocycles. The van der Waals surface area contributed by atoms with Gasteiger partial charge in [0.2, 0.25) is 5.91 Å². The number of nitrogens with one attached hydrogen (secondary N) is 1. The zero-order valence-corrected chi connectivity index (χ0v) is 48.1. The molecule has 4 nitrogen and oxygen atoms in total. The van der Waals surface area contributed by atoms with Crippen molar-refractivity contribution in [2.75, 3.05) is 6.61 Å². The summed E-state index contributed by atoms with van der Waals surface area (Å²) in [6.07, 6.45) is 96.7. The lowest BCUT2D eigenvalue weighted by atomic mass is 10.0. The fraction of sp³-hybridized carbons (Fsp3) is 0.696. The normalized spacial score (nSPS) is 13.6. The van der Waals surface area contributed by atoms with E-state index in [4.69, 9.17) is 0 Å². The monoisotopic (exact) mass is 1010 g/mol. The number of hydrogen-bond acceptors (Lipinski definition) is 3. The van der Waals surface area contributed by atoms with Gasteiger partial charge in [-0.15, -0.1) is 0 Å². The van der Waals surface area contributed by atoms with Crippen molar-refractivity contribution in [3.63, 3.8) is 0 Å². The van der Waals surface area contributed by atoms with Crippen LogP contribution in [0.2, 0.25) is 0 Å². The maximum absolute atomic E-state index is 12.5. The average molecular weight is 1010 g/mol. The third-order valence-corrected chi connectivity index (χ3v) is 13.7. The Morgan fingerprint density at radius 1 is 0.342 bits per heavy atom. The molecule has 0 aromatic carbocycles. The quantitative estimate of drug-likeness (QED) is 0.0420. The van der Waals surface area contributed by atoms with Gasteiger partial charge in [0.25, 0.3) is 0 Å². The molecule has 0 rings (SSSR count). The predicted octanol–water partition coefficient (Wildman–Crippen LogP) is 21.2. The summed E-state index contributed by atoms with van der Waals surface area (Å²) in [5.41, 5.74) is 0. The maximum atomic E-state index is 12.5. The van der Waals surface area contributed by atoms with E-state index >= 15 is 0 Å². The molecule has 3 N–H and O–H groups in total. The number of aliphatic hydroxyl groups excluding tert-OH is 2. The van der Waals surface area contributed by atoms with Crippen LogP contribution in [0.3, 0.4) is 0 Å². The van der Waals surface area contributed by atoms with Crippen LogP contribution in [0, 0.1) is 0 Å². The van der Waals surface area contributed by atoms with Gasteiger partial charge in [0.1, 0.15) is 0 Å². The van der Waals surface area contributed by atoms with Gasteiger partial charge in [-0.05, 0) is 96.3 Å². The van der Waals surface area contributed by atoms with Gasteiger partial charge in [-0.2, -0.15) is 0 Å². The van der Waals surface area contributed by atoms with Crippen LogP contribution in [0.25, 0.3) is 0 Å². The second-order valence-corrected chi connectivity index (χ2v) is 20.7. The van der Waals surface area contributed by atoms with Crippen molar-refractivity contribution in [3.05, 3.63) is 122 Å². The van der Waals surface area contributed by atoms with E-state index in [2.05, 4.69) is 129 Å². The second kappa shape index (κ2) is 63.1. The van der Waals surface area contributed by atoms with E-state index in [-0.39, 0.29) is 12.5 Å². The van der Waals surface area contributed by atoms with Crippen LogP contribution >= 0.6 is 0 Å². The average Bonchev–Trinajstić information content (AvgIpc) is 3.40. The van der Waals surface area contributed by atoms with Crippen molar-refractivity contribution in [2.24, 2.45) is 0 Å². The Balaban J connectivity index is 3.61. The predicted molar refractivity (Wildman–Crippen MR) is 326 cm³/mol. The molecule has 1 amide bonds. The van der Waals surface area contributed by atoms with Gasteiger partial charge in [-0.25, -0.2) is 0 Å². The fourth-order valence-corrected chi connectivity index (χ4v) is 8.98. The summed E-state index contributed by atoms with van der Waals surface area (Å²) < 4.78 is 0. The van der Waals surface area contributed by atoms with Gasteiger partial charge >= 0.3 is 0 Å². The van der Waals surface area contributed by atoms with Crippen LogP contribution in [0.15, 0.2) is 122 Å². The van der Waals surface area contributed by atoms with Crippen molar-refractivity contribution < 1.29 is 15.0 Å². The van der Waals surface area contributed by atoms with Crippen LogP contribution in [0.4, 0.5) is 0 Å². The standard InChI is InChI=1S/C69H119NO3/c1-3-5-7-9-11-13-15-17-19-21-23-25-27-29-31-33-35-37-39-41-43-45-47-49-51-53-55-57-59-61-63-65-69(73)70-67(66-71)68(72)64-62-60-58-56-54-52-50-48-46-44-42-40-38-36-34-32-30-28-26-24-22-20-18-16-14-12-10-8-6-4-2/h5,7,11,13,17,19,23,25,29,31,35,37,41,43,47,49,54,56,62,64,67-68,71-72H,3-4,6,8-10,12,14-16,18,20-22,24,26-28,30,32-34,36,38-40,42,44-46,48,50-53,55,57-61,63,65-66H2,1-2H3,(H,70,73)/b7-5-,13-11-,19-17-,25-23-,31-29-,37-35-,43-41-,49-47-,56-54+,64-62+. The van der Waals surface area contributed by atoms with E-state index in [9.17, 15) is 15.0 Å². The summed E-state index contributed by atoms with van der Waals surface area (Å²) in [5.74, 6) is -0.0910. The number of carbonyl (C=O) groups is 1. The molecule has 0 aliphatic heterocycles. The van der Waals surface area contributed by atoms with Crippen molar-refractivity contribution >= 4 is 5.91 Å². The maximum Gasteiger partial charge on any atom is 0.220 e. The van der Waals surface area contributed by atoms with Gasteiger partial charge in [0.15, 0.2) is 0 Å². The van der Waals surface area contributed by atoms with Gasteiger partial charge < -0.3 is 15.5 Å². The van der Waals surface area contributed by atoms with Crippen molar-refractivity contribution in [2.45, 2.75) is 302 Å². The summed E-state index contributed by atoms with van der Waals surface area (Å²) >= 11 is 0. The van der Waals surface area contributed by atoms with Crippen molar-refractivity contribution in [1.82, 2.24) is 5.32 Å². The minimum absolute atomic E-state index is 0.0910. The van der Waals surface area contributed by atoms with E-state index in [1.54, 1.807) is 6.08 Å². The molecule has 2 atom stereocenters. The van der Waals surface area contributed by atoms with Crippen LogP contribution in [-0.4, -0.2) is 34.9 Å². The van der Waals surface area contributed by atoms with E-state index < -0.39 is 12.1 Å². The molecule has 2 unspecified atom stereocenters. The number of amides is 1.